The standard InChI is InChI=1S/C20H19ClN2O3S2/c1-13-8-9-14(11-15(13)21)22-18(24)12-26-19(25)7-4-10-27-20-23-16-5-2-3-6-17(16)28-20/h2-3,5-6,8-9,11H,4,7,10,12H2,1H3,(H,22,24). The van der Waals surface area contributed by atoms with Crippen molar-refractivity contribution in [1.29, 1.82) is 0 Å². The molecule has 0 saturated carbocycles. The van der Waals surface area contributed by atoms with Gasteiger partial charge in [0.05, 0.1) is 10.2 Å². The van der Waals surface area contributed by atoms with E-state index in [1.54, 1.807) is 35.2 Å². The van der Waals surface area contributed by atoms with E-state index in [1.807, 2.05) is 37.3 Å². The topological polar surface area (TPSA) is 68.3 Å². The van der Waals surface area contributed by atoms with Crippen LogP contribution in [0, 0.1) is 6.92 Å². The molecule has 0 radical (unpaired) electrons. The van der Waals surface area contributed by atoms with Crippen molar-refractivity contribution in [2.24, 2.45) is 0 Å². The Bertz CT molecular complexity index is 957. The fourth-order valence-corrected chi connectivity index (χ4v) is 4.63. The van der Waals surface area contributed by atoms with Crippen LogP contribution in [0.4, 0.5) is 5.69 Å². The van der Waals surface area contributed by atoms with Crippen molar-refractivity contribution in [3.8, 4) is 0 Å². The summed E-state index contributed by atoms with van der Waals surface area (Å²) in [6.07, 6.45) is 0.927. The minimum Gasteiger partial charge on any atom is -0.456 e. The third-order valence-electron chi connectivity index (χ3n) is 3.84. The Morgan fingerprint density at radius 3 is 2.86 bits per heavy atom. The number of hydrogen-bond acceptors (Lipinski definition) is 6. The van der Waals surface area contributed by atoms with Crippen molar-refractivity contribution in [2.75, 3.05) is 17.7 Å². The van der Waals surface area contributed by atoms with E-state index in [-0.39, 0.29) is 19.0 Å². The molecule has 146 valence electrons. The maximum Gasteiger partial charge on any atom is 0.306 e. The number of hydrogen-bond donors (Lipinski definition) is 1. The van der Waals surface area contributed by atoms with Crippen LogP contribution in [0.2, 0.25) is 5.02 Å². The molecule has 8 heteroatoms. The first-order valence-electron chi connectivity index (χ1n) is 8.71. The smallest absolute Gasteiger partial charge is 0.306 e. The average molecular weight is 435 g/mol. The van der Waals surface area contributed by atoms with E-state index in [0.717, 1.165) is 25.9 Å². The van der Waals surface area contributed by atoms with Crippen molar-refractivity contribution in [1.82, 2.24) is 4.98 Å². The number of aromatic nitrogens is 1. The van der Waals surface area contributed by atoms with Gasteiger partial charge in [0.25, 0.3) is 5.91 Å². The Hall–Kier alpha value is -2.09. The number of carbonyl (C=O) groups excluding carboxylic acids is 2. The third-order valence-corrected chi connectivity index (χ3v) is 6.52. The van der Waals surface area contributed by atoms with Gasteiger partial charge in [-0.05, 0) is 43.2 Å². The summed E-state index contributed by atoms with van der Waals surface area (Å²) in [5.41, 5.74) is 2.49. The summed E-state index contributed by atoms with van der Waals surface area (Å²) in [5.74, 6) is -0.0118. The van der Waals surface area contributed by atoms with E-state index in [0.29, 0.717) is 17.1 Å². The summed E-state index contributed by atoms with van der Waals surface area (Å²) in [4.78, 5) is 28.2. The number of thiazole rings is 1. The minimum absolute atomic E-state index is 0.265. The number of nitrogens with zero attached hydrogens (tertiary/aromatic N) is 1. The zero-order valence-electron chi connectivity index (χ0n) is 15.2. The second kappa shape index (κ2) is 9.91. The van der Waals surface area contributed by atoms with Gasteiger partial charge in [-0.2, -0.15) is 0 Å². The maximum atomic E-state index is 11.9. The zero-order valence-corrected chi connectivity index (χ0v) is 17.6. The van der Waals surface area contributed by atoms with E-state index in [1.165, 1.54) is 0 Å². The van der Waals surface area contributed by atoms with Crippen LogP contribution >= 0.6 is 34.7 Å². The van der Waals surface area contributed by atoms with Gasteiger partial charge in [0.1, 0.15) is 0 Å². The molecular weight excluding hydrogens is 416 g/mol. The molecule has 0 fully saturated rings. The Labute approximate surface area is 176 Å². The molecule has 0 aliphatic carbocycles. The predicted molar refractivity (Wildman–Crippen MR) is 115 cm³/mol. The van der Waals surface area contributed by atoms with Crippen molar-refractivity contribution in [3.05, 3.63) is 53.1 Å². The Morgan fingerprint density at radius 2 is 2.07 bits per heavy atom. The monoisotopic (exact) mass is 434 g/mol. The average Bonchev–Trinajstić information content (AvgIpc) is 3.09. The lowest BCUT2D eigenvalue weighted by Crippen LogP contribution is -2.20. The largest absolute Gasteiger partial charge is 0.456 e. The molecular formula is C20H19ClN2O3S2. The zero-order chi connectivity index (χ0) is 19.9. The van der Waals surface area contributed by atoms with E-state index in [4.69, 9.17) is 16.3 Å². The Morgan fingerprint density at radius 1 is 1.25 bits per heavy atom. The number of ether oxygens (including phenoxy) is 1. The first-order valence-corrected chi connectivity index (χ1v) is 10.9. The SMILES string of the molecule is Cc1ccc(NC(=O)COC(=O)CCCSc2nc3ccccc3s2)cc1Cl. The van der Waals surface area contributed by atoms with Crippen molar-refractivity contribution < 1.29 is 14.3 Å². The van der Waals surface area contributed by atoms with Gasteiger partial charge in [-0.25, -0.2) is 4.98 Å². The lowest BCUT2D eigenvalue weighted by molar-refractivity contribution is -0.147. The van der Waals surface area contributed by atoms with Crippen LogP contribution < -0.4 is 5.32 Å². The molecule has 0 aliphatic rings. The van der Waals surface area contributed by atoms with Crippen LogP contribution in [0.5, 0.6) is 0 Å². The molecule has 1 amide bonds. The molecule has 1 aromatic heterocycles. The van der Waals surface area contributed by atoms with E-state index in [2.05, 4.69) is 10.3 Å². The molecule has 1 heterocycles. The quantitative estimate of drug-likeness (QED) is 0.295. The number of carbonyl (C=O) groups is 2. The number of thioether (sulfide) groups is 1. The fourth-order valence-electron chi connectivity index (χ4n) is 2.37. The molecule has 0 bridgehead atoms. The number of benzene rings is 2. The molecule has 0 aliphatic heterocycles. The maximum absolute atomic E-state index is 11.9. The van der Waals surface area contributed by atoms with E-state index in [9.17, 15) is 9.59 Å². The van der Waals surface area contributed by atoms with E-state index >= 15 is 0 Å². The molecule has 3 aromatic rings. The van der Waals surface area contributed by atoms with Gasteiger partial charge in [0, 0.05) is 22.9 Å². The number of fused-ring (bicyclic) bond motifs is 1. The van der Waals surface area contributed by atoms with Crippen LogP contribution in [0.3, 0.4) is 0 Å². The molecule has 0 spiro atoms. The molecule has 0 unspecified atom stereocenters. The van der Waals surface area contributed by atoms with Crippen molar-refractivity contribution in [3.63, 3.8) is 0 Å². The first-order chi connectivity index (χ1) is 13.5. The lowest BCUT2D eigenvalue weighted by atomic mass is 10.2. The lowest BCUT2D eigenvalue weighted by Gasteiger charge is -2.07. The molecule has 2 aromatic carbocycles. The first kappa shape index (κ1) is 20.6. The molecule has 0 saturated heterocycles. The number of amides is 1. The number of halogens is 1. The normalized spacial score (nSPS) is 10.8. The minimum atomic E-state index is -0.392. The second-order valence-corrected chi connectivity index (χ2v) is 8.85. The Balaban J connectivity index is 1.33. The summed E-state index contributed by atoms with van der Waals surface area (Å²) in [5, 5.41) is 3.23. The summed E-state index contributed by atoms with van der Waals surface area (Å²) in [7, 11) is 0. The molecule has 0 atom stereocenters. The van der Waals surface area contributed by atoms with Gasteiger partial charge in [-0.15, -0.1) is 11.3 Å². The van der Waals surface area contributed by atoms with Crippen molar-refractivity contribution >= 4 is 62.5 Å². The number of rotatable bonds is 8. The van der Waals surface area contributed by atoms with Gasteiger partial charge in [0.15, 0.2) is 10.9 Å². The van der Waals surface area contributed by atoms with Gasteiger partial charge >= 0.3 is 5.97 Å². The number of para-hydroxylation sites is 1. The second-order valence-electron chi connectivity index (χ2n) is 6.07. The highest BCUT2D eigenvalue weighted by atomic mass is 35.5. The summed E-state index contributed by atoms with van der Waals surface area (Å²) in [6.45, 7) is 1.57. The van der Waals surface area contributed by atoms with Gasteiger partial charge in [0.2, 0.25) is 0 Å². The number of aryl methyl sites for hydroxylation is 1. The highest BCUT2D eigenvalue weighted by molar-refractivity contribution is 8.01. The number of nitrogens with one attached hydrogen (secondary N) is 1. The van der Waals surface area contributed by atoms with E-state index < -0.39 is 5.91 Å². The van der Waals surface area contributed by atoms with Crippen LogP contribution in [-0.2, 0) is 14.3 Å². The van der Waals surface area contributed by atoms with Gasteiger partial charge in [-0.3, -0.25) is 9.59 Å². The van der Waals surface area contributed by atoms with Crippen LogP contribution in [-0.4, -0.2) is 29.2 Å². The number of esters is 1. The molecule has 3 rings (SSSR count). The highest BCUT2D eigenvalue weighted by Crippen LogP contribution is 2.29. The van der Waals surface area contributed by atoms with Crippen LogP contribution in [0.25, 0.3) is 10.2 Å². The van der Waals surface area contributed by atoms with Gasteiger partial charge < -0.3 is 10.1 Å². The number of anilines is 1. The summed E-state index contributed by atoms with van der Waals surface area (Å²) in [6, 6.07) is 13.2. The Kier molecular flexibility index (Phi) is 7.30. The third kappa shape index (κ3) is 5.95. The highest BCUT2D eigenvalue weighted by Gasteiger charge is 2.09. The van der Waals surface area contributed by atoms with Crippen molar-refractivity contribution in [2.45, 2.75) is 24.1 Å². The summed E-state index contributed by atoms with van der Waals surface area (Å²) >= 11 is 9.29. The van der Waals surface area contributed by atoms with Crippen LogP contribution in [0.1, 0.15) is 18.4 Å². The predicted octanol–water partition coefficient (Wildman–Crippen LogP) is 5.31. The van der Waals surface area contributed by atoms with Gasteiger partial charge in [-0.1, -0.05) is 41.6 Å². The molecule has 28 heavy (non-hydrogen) atoms. The molecule has 1 N–H and O–H groups in total. The molecule has 5 nitrogen and oxygen atoms in total. The fraction of sp³-hybridized carbons (Fsp3) is 0.250. The van der Waals surface area contributed by atoms with Crippen LogP contribution in [0.15, 0.2) is 46.8 Å². The summed E-state index contributed by atoms with van der Waals surface area (Å²) < 4.78 is 7.17.